The molecule has 0 aliphatic carbocycles. The zero-order valence-electron chi connectivity index (χ0n) is 11.1. The van der Waals surface area contributed by atoms with Gasteiger partial charge in [0.05, 0.1) is 23.0 Å². The van der Waals surface area contributed by atoms with Gasteiger partial charge in [0.2, 0.25) is 0 Å². The van der Waals surface area contributed by atoms with Gasteiger partial charge < -0.3 is 9.84 Å². The Kier molecular flexibility index (Phi) is 4.45. The summed E-state index contributed by atoms with van der Waals surface area (Å²) in [5.41, 5.74) is 2.69. The molecule has 1 heterocycles. The number of nitrogens with zero attached hydrogens (tertiary/aromatic N) is 2. The molecule has 1 aromatic heterocycles. The molecule has 5 heteroatoms. The highest BCUT2D eigenvalue weighted by molar-refractivity contribution is 6.32. The fourth-order valence-electron chi connectivity index (χ4n) is 1.87. The number of aliphatic hydroxyl groups is 1. The lowest BCUT2D eigenvalue weighted by molar-refractivity contribution is 0.255. The fraction of sp³-hybridized carbons (Fsp3) is 0.357. The number of hydrogen-bond acceptors (Lipinski definition) is 3. The maximum absolute atomic E-state index is 9.28. The molecule has 0 unspecified atom stereocenters. The third-order valence-corrected chi connectivity index (χ3v) is 3.27. The topological polar surface area (TPSA) is 47.3 Å². The monoisotopic (exact) mass is 280 g/mol. The minimum atomic E-state index is -0.0957. The predicted octanol–water partition coefficient (Wildman–Crippen LogP) is 2.71. The lowest BCUT2D eigenvalue weighted by Gasteiger charge is -2.11. The van der Waals surface area contributed by atoms with Gasteiger partial charge in [-0.15, -0.1) is 0 Å². The van der Waals surface area contributed by atoms with Gasteiger partial charge in [0.1, 0.15) is 12.4 Å². The average molecular weight is 281 g/mol. The maximum Gasteiger partial charge on any atom is 0.143 e. The van der Waals surface area contributed by atoms with Crippen LogP contribution in [0.2, 0.25) is 5.02 Å². The molecule has 0 aliphatic rings. The standard InChI is InChI=1S/C14H17ClN2O2/c1-3-11-7-12(17(2)16-11)9-19-14-10(8-18)5-4-6-13(14)15/h4-7,18H,3,8-9H2,1-2H3. The van der Waals surface area contributed by atoms with Gasteiger partial charge in [-0.25, -0.2) is 0 Å². The first-order valence-corrected chi connectivity index (χ1v) is 6.56. The Balaban J connectivity index is 2.16. The summed E-state index contributed by atoms with van der Waals surface area (Å²) in [4.78, 5) is 0. The molecule has 2 aromatic rings. The minimum Gasteiger partial charge on any atom is -0.485 e. The summed E-state index contributed by atoms with van der Waals surface area (Å²) in [5.74, 6) is 0.533. The molecule has 0 fully saturated rings. The third-order valence-electron chi connectivity index (χ3n) is 2.97. The Morgan fingerprint density at radius 2 is 2.21 bits per heavy atom. The van der Waals surface area contributed by atoms with E-state index < -0.39 is 0 Å². The molecule has 0 saturated carbocycles. The zero-order valence-corrected chi connectivity index (χ0v) is 11.8. The normalized spacial score (nSPS) is 10.7. The van der Waals surface area contributed by atoms with Crippen LogP contribution in [-0.4, -0.2) is 14.9 Å². The van der Waals surface area contributed by atoms with Crippen molar-refractivity contribution < 1.29 is 9.84 Å². The van der Waals surface area contributed by atoms with Gasteiger partial charge >= 0.3 is 0 Å². The van der Waals surface area contributed by atoms with E-state index in [9.17, 15) is 5.11 Å². The van der Waals surface area contributed by atoms with Crippen molar-refractivity contribution in [3.05, 3.63) is 46.2 Å². The molecular weight excluding hydrogens is 264 g/mol. The second-order valence-electron chi connectivity index (χ2n) is 4.28. The summed E-state index contributed by atoms with van der Waals surface area (Å²) in [5, 5.41) is 14.1. The zero-order chi connectivity index (χ0) is 13.8. The summed E-state index contributed by atoms with van der Waals surface area (Å²) >= 11 is 6.09. The maximum atomic E-state index is 9.28. The van der Waals surface area contributed by atoms with Crippen LogP contribution in [0, 0.1) is 0 Å². The Morgan fingerprint density at radius 3 is 2.84 bits per heavy atom. The first kappa shape index (κ1) is 13.9. The third kappa shape index (κ3) is 3.08. The minimum absolute atomic E-state index is 0.0957. The van der Waals surface area contributed by atoms with Crippen LogP contribution in [0.1, 0.15) is 23.9 Å². The van der Waals surface area contributed by atoms with Crippen molar-refractivity contribution in [2.45, 2.75) is 26.6 Å². The van der Waals surface area contributed by atoms with Crippen LogP contribution in [0.15, 0.2) is 24.3 Å². The van der Waals surface area contributed by atoms with E-state index in [0.717, 1.165) is 17.8 Å². The molecule has 1 aromatic carbocycles. The molecule has 4 nitrogen and oxygen atoms in total. The van der Waals surface area contributed by atoms with E-state index >= 15 is 0 Å². The molecule has 2 rings (SSSR count). The number of halogens is 1. The van der Waals surface area contributed by atoms with Crippen LogP contribution in [0.5, 0.6) is 5.75 Å². The molecular formula is C14H17ClN2O2. The van der Waals surface area contributed by atoms with E-state index in [1.54, 1.807) is 22.9 Å². The van der Waals surface area contributed by atoms with Gasteiger partial charge in [-0.2, -0.15) is 5.10 Å². The first-order chi connectivity index (χ1) is 9.15. The smallest absolute Gasteiger partial charge is 0.143 e. The quantitative estimate of drug-likeness (QED) is 0.916. The Morgan fingerprint density at radius 1 is 1.42 bits per heavy atom. The highest BCUT2D eigenvalue weighted by Crippen LogP contribution is 2.29. The van der Waals surface area contributed by atoms with Crippen molar-refractivity contribution in [2.24, 2.45) is 7.05 Å². The number of aryl methyl sites for hydroxylation is 2. The Hall–Kier alpha value is -1.52. The second-order valence-corrected chi connectivity index (χ2v) is 4.69. The van der Waals surface area contributed by atoms with E-state index in [2.05, 4.69) is 12.0 Å². The van der Waals surface area contributed by atoms with Crippen molar-refractivity contribution >= 4 is 11.6 Å². The van der Waals surface area contributed by atoms with Crippen LogP contribution in [0.4, 0.5) is 0 Å². The molecule has 0 saturated heterocycles. The van der Waals surface area contributed by atoms with Crippen molar-refractivity contribution in [1.29, 1.82) is 0 Å². The number of ether oxygens (including phenoxy) is 1. The highest BCUT2D eigenvalue weighted by atomic mass is 35.5. The van der Waals surface area contributed by atoms with Crippen LogP contribution in [0.25, 0.3) is 0 Å². The summed E-state index contributed by atoms with van der Waals surface area (Å²) < 4.78 is 7.53. The lowest BCUT2D eigenvalue weighted by Crippen LogP contribution is -2.04. The molecule has 0 spiro atoms. The van der Waals surface area contributed by atoms with Gasteiger partial charge in [0, 0.05) is 12.6 Å². The number of aromatic nitrogens is 2. The van der Waals surface area contributed by atoms with Gasteiger partial charge in [-0.1, -0.05) is 30.7 Å². The van der Waals surface area contributed by atoms with E-state index in [4.69, 9.17) is 16.3 Å². The molecule has 0 radical (unpaired) electrons. The van der Waals surface area contributed by atoms with Crippen LogP contribution >= 0.6 is 11.6 Å². The molecule has 1 N–H and O–H groups in total. The van der Waals surface area contributed by atoms with Crippen LogP contribution in [0.3, 0.4) is 0 Å². The molecule has 0 aliphatic heterocycles. The lowest BCUT2D eigenvalue weighted by atomic mass is 10.2. The van der Waals surface area contributed by atoms with Gasteiger partial charge in [0.25, 0.3) is 0 Å². The van der Waals surface area contributed by atoms with E-state index in [1.165, 1.54) is 0 Å². The number of hydrogen-bond donors (Lipinski definition) is 1. The Bertz CT molecular complexity index is 567. The van der Waals surface area contributed by atoms with E-state index in [0.29, 0.717) is 22.9 Å². The summed E-state index contributed by atoms with van der Waals surface area (Å²) in [6.45, 7) is 2.34. The van der Waals surface area contributed by atoms with E-state index in [-0.39, 0.29) is 6.61 Å². The molecule has 0 bridgehead atoms. The number of rotatable bonds is 5. The van der Waals surface area contributed by atoms with E-state index in [1.807, 2.05) is 13.1 Å². The average Bonchev–Trinajstić information content (AvgIpc) is 2.77. The second kappa shape index (κ2) is 6.08. The van der Waals surface area contributed by atoms with Crippen molar-refractivity contribution in [2.75, 3.05) is 0 Å². The van der Waals surface area contributed by atoms with Crippen LogP contribution in [-0.2, 0) is 26.7 Å². The summed E-state index contributed by atoms with van der Waals surface area (Å²) in [6, 6.07) is 7.34. The molecule has 0 amide bonds. The fourth-order valence-corrected chi connectivity index (χ4v) is 2.11. The van der Waals surface area contributed by atoms with Crippen molar-refractivity contribution in [3.63, 3.8) is 0 Å². The SMILES string of the molecule is CCc1cc(COc2c(Cl)cccc2CO)n(C)n1. The van der Waals surface area contributed by atoms with Gasteiger partial charge in [-0.05, 0) is 18.6 Å². The summed E-state index contributed by atoms with van der Waals surface area (Å²) in [7, 11) is 1.89. The number of aliphatic hydroxyl groups excluding tert-OH is 1. The largest absolute Gasteiger partial charge is 0.485 e. The molecule has 102 valence electrons. The molecule has 19 heavy (non-hydrogen) atoms. The summed E-state index contributed by atoms with van der Waals surface area (Å²) in [6.07, 6.45) is 0.891. The van der Waals surface area contributed by atoms with Gasteiger partial charge in [0.15, 0.2) is 0 Å². The van der Waals surface area contributed by atoms with Gasteiger partial charge in [-0.3, -0.25) is 4.68 Å². The van der Waals surface area contributed by atoms with Crippen molar-refractivity contribution in [3.8, 4) is 5.75 Å². The number of benzene rings is 1. The van der Waals surface area contributed by atoms with Crippen molar-refractivity contribution in [1.82, 2.24) is 9.78 Å². The predicted molar refractivity (Wildman–Crippen MR) is 74.3 cm³/mol. The van der Waals surface area contributed by atoms with Crippen LogP contribution < -0.4 is 4.74 Å². The highest BCUT2D eigenvalue weighted by Gasteiger charge is 2.10. The number of para-hydroxylation sites is 1. The Labute approximate surface area is 117 Å². The molecule has 0 atom stereocenters. The first-order valence-electron chi connectivity index (χ1n) is 6.18.